The van der Waals surface area contributed by atoms with Crippen LogP contribution in [0.2, 0.25) is 0 Å². The molecular weight excluding hydrogens is 342 g/mol. The summed E-state index contributed by atoms with van der Waals surface area (Å²) < 4.78 is 76.5. The maximum Gasteiger partial charge on any atom is 0.416 e. The number of benzene rings is 1. The van der Waals surface area contributed by atoms with Crippen molar-refractivity contribution < 1.29 is 26.3 Å². The Kier molecular flexibility index (Phi) is 5.07. The number of rotatable bonds is 2. The molecule has 1 fully saturated rings. The lowest BCUT2D eigenvalue weighted by Crippen LogP contribution is -2.36. The molecule has 0 atom stereocenters. The van der Waals surface area contributed by atoms with E-state index in [1.807, 2.05) is 0 Å². The van der Waals surface area contributed by atoms with Crippen molar-refractivity contribution in [3.05, 3.63) is 29.3 Å². The van der Waals surface area contributed by atoms with Crippen LogP contribution in [0.15, 0.2) is 18.2 Å². The molecule has 128 valence electrons. The summed E-state index contributed by atoms with van der Waals surface area (Å²) in [5.41, 5.74) is -3.10. The van der Waals surface area contributed by atoms with Crippen molar-refractivity contribution in [1.29, 1.82) is 0 Å². The molecular formula is C14H14F6N2S. The molecule has 0 aliphatic heterocycles. The van der Waals surface area contributed by atoms with Gasteiger partial charge in [-0.25, -0.2) is 0 Å². The first-order chi connectivity index (χ1) is 10.6. The van der Waals surface area contributed by atoms with E-state index in [-0.39, 0.29) is 22.9 Å². The predicted molar refractivity (Wildman–Crippen MR) is 78.1 cm³/mol. The number of hydrogen-bond donors (Lipinski definition) is 2. The molecule has 2 N–H and O–H groups in total. The van der Waals surface area contributed by atoms with Crippen molar-refractivity contribution in [2.24, 2.45) is 0 Å². The molecule has 1 aromatic carbocycles. The minimum absolute atomic E-state index is 0.0179. The summed E-state index contributed by atoms with van der Waals surface area (Å²) in [5, 5.41) is 5.33. The zero-order valence-electron chi connectivity index (χ0n) is 11.8. The lowest BCUT2D eigenvalue weighted by molar-refractivity contribution is -0.143. The van der Waals surface area contributed by atoms with Gasteiger partial charge < -0.3 is 10.6 Å². The highest BCUT2D eigenvalue weighted by molar-refractivity contribution is 7.80. The second-order valence-corrected chi connectivity index (χ2v) is 5.78. The third kappa shape index (κ3) is 4.98. The average molecular weight is 356 g/mol. The summed E-state index contributed by atoms with van der Waals surface area (Å²) >= 11 is 4.96. The van der Waals surface area contributed by atoms with Gasteiger partial charge in [0.05, 0.1) is 11.1 Å². The summed E-state index contributed by atoms with van der Waals surface area (Å²) in [4.78, 5) is 0. The second-order valence-electron chi connectivity index (χ2n) is 5.37. The molecule has 0 unspecified atom stereocenters. The third-order valence-corrected chi connectivity index (χ3v) is 3.76. The monoisotopic (exact) mass is 356 g/mol. The Balaban J connectivity index is 2.21. The normalized spacial score (nSPS) is 16.4. The Morgan fingerprint density at radius 3 is 1.83 bits per heavy atom. The Morgan fingerprint density at radius 1 is 0.913 bits per heavy atom. The number of halogens is 6. The van der Waals surface area contributed by atoms with Gasteiger partial charge in [-0.3, -0.25) is 0 Å². The van der Waals surface area contributed by atoms with Gasteiger partial charge in [0.15, 0.2) is 5.11 Å². The van der Waals surface area contributed by atoms with Gasteiger partial charge in [-0.05, 0) is 43.3 Å². The van der Waals surface area contributed by atoms with Crippen molar-refractivity contribution in [2.75, 3.05) is 5.32 Å². The van der Waals surface area contributed by atoms with E-state index in [9.17, 15) is 26.3 Å². The van der Waals surface area contributed by atoms with E-state index in [4.69, 9.17) is 12.2 Å². The van der Waals surface area contributed by atoms with Crippen LogP contribution >= 0.6 is 12.2 Å². The fraction of sp³-hybridized carbons (Fsp3) is 0.500. The lowest BCUT2D eigenvalue weighted by Gasteiger charge is -2.18. The second kappa shape index (κ2) is 6.54. The molecule has 0 aromatic heterocycles. The summed E-state index contributed by atoms with van der Waals surface area (Å²) in [6.07, 6.45) is -5.98. The summed E-state index contributed by atoms with van der Waals surface area (Å²) in [6.45, 7) is 0. The van der Waals surface area contributed by atoms with Crippen LogP contribution in [0.1, 0.15) is 36.8 Å². The van der Waals surface area contributed by atoms with E-state index in [0.717, 1.165) is 25.7 Å². The molecule has 1 aliphatic carbocycles. The number of thiocarbonyl (C=S) groups is 1. The van der Waals surface area contributed by atoms with Crippen molar-refractivity contribution in [3.63, 3.8) is 0 Å². The summed E-state index contributed by atoms with van der Waals surface area (Å²) in [5.74, 6) is 0. The highest BCUT2D eigenvalue weighted by Crippen LogP contribution is 2.37. The molecule has 2 rings (SSSR count). The molecule has 0 heterocycles. The molecule has 2 nitrogen and oxygen atoms in total. The molecule has 0 amide bonds. The zero-order chi connectivity index (χ0) is 17.3. The first kappa shape index (κ1) is 17.8. The molecule has 1 saturated carbocycles. The van der Waals surface area contributed by atoms with Gasteiger partial charge in [-0.15, -0.1) is 0 Å². The van der Waals surface area contributed by atoms with E-state index in [2.05, 4.69) is 10.6 Å². The van der Waals surface area contributed by atoms with Gasteiger partial charge in [-0.1, -0.05) is 12.8 Å². The van der Waals surface area contributed by atoms with Crippen LogP contribution in [0.4, 0.5) is 32.0 Å². The highest BCUT2D eigenvalue weighted by atomic mass is 32.1. The fourth-order valence-electron chi connectivity index (χ4n) is 2.45. The zero-order valence-corrected chi connectivity index (χ0v) is 12.6. The van der Waals surface area contributed by atoms with E-state index in [0.29, 0.717) is 12.1 Å². The van der Waals surface area contributed by atoms with E-state index >= 15 is 0 Å². The standard InChI is InChI=1S/C14H14F6N2S/c15-13(16,17)8-5-9(14(18,19)20)7-11(6-8)22-12(23)21-10-3-1-2-4-10/h5-7,10H,1-4H2,(H2,21,22,23). The topological polar surface area (TPSA) is 24.1 Å². The van der Waals surface area contributed by atoms with Gasteiger partial charge in [0.1, 0.15) is 0 Å². The van der Waals surface area contributed by atoms with Gasteiger partial charge in [0.2, 0.25) is 0 Å². The third-order valence-electron chi connectivity index (χ3n) is 3.54. The van der Waals surface area contributed by atoms with E-state index in [1.54, 1.807) is 0 Å². The lowest BCUT2D eigenvalue weighted by atomic mass is 10.1. The van der Waals surface area contributed by atoms with Crippen LogP contribution in [-0.4, -0.2) is 11.2 Å². The van der Waals surface area contributed by atoms with Gasteiger partial charge >= 0.3 is 12.4 Å². The van der Waals surface area contributed by atoms with Gasteiger partial charge in [-0.2, -0.15) is 26.3 Å². The first-order valence-corrected chi connectivity index (χ1v) is 7.33. The van der Waals surface area contributed by atoms with Crippen LogP contribution in [0.25, 0.3) is 0 Å². The number of hydrogen-bond acceptors (Lipinski definition) is 1. The Bertz CT molecular complexity index is 543. The molecule has 9 heteroatoms. The Labute approximate surface area is 134 Å². The molecule has 0 bridgehead atoms. The SMILES string of the molecule is FC(F)(F)c1cc(NC(=S)NC2CCCC2)cc(C(F)(F)F)c1. The molecule has 1 aliphatic rings. The molecule has 0 radical (unpaired) electrons. The van der Waals surface area contributed by atoms with Crippen LogP contribution in [0.3, 0.4) is 0 Å². The highest BCUT2D eigenvalue weighted by Gasteiger charge is 2.37. The number of nitrogens with one attached hydrogen (secondary N) is 2. The Hall–Kier alpha value is -1.51. The molecule has 0 saturated heterocycles. The molecule has 0 spiro atoms. The summed E-state index contributed by atoms with van der Waals surface area (Å²) in [7, 11) is 0. The van der Waals surface area contributed by atoms with E-state index in [1.165, 1.54) is 0 Å². The minimum Gasteiger partial charge on any atom is -0.360 e. The smallest absolute Gasteiger partial charge is 0.360 e. The number of anilines is 1. The molecule has 23 heavy (non-hydrogen) atoms. The van der Waals surface area contributed by atoms with Crippen molar-refractivity contribution in [3.8, 4) is 0 Å². The van der Waals surface area contributed by atoms with Crippen molar-refractivity contribution in [1.82, 2.24) is 5.32 Å². The Morgan fingerprint density at radius 2 is 1.39 bits per heavy atom. The van der Waals surface area contributed by atoms with Crippen molar-refractivity contribution in [2.45, 2.75) is 44.1 Å². The molecule has 1 aromatic rings. The van der Waals surface area contributed by atoms with Crippen LogP contribution in [-0.2, 0) is 12.4 Å². The minimum atomic E-state index is -4.88. The van der Waals surface area contributed by atoms with Gasteiger partial charge in [0.25, 0.3) is 0 Å². The first-order valence-electron chi connectivity index (χ1n) is 6.93. The maximum absolute atomic E-state index is 12.8. The number of alkyl halides is 6. The maximum atomic E-state index is 12.8. The average Bonchev–Trinajstić information content (AvgIpc) is 2.88. The fourth-order valence-corrected chi connectivity index (χ4v) is 2.73. The van der Waals surface area contributed by atoms with Crippen molar-refractivity contribution >= 4 is 23.0 Å². The van der Waals surface area contributed by atoms with Crippen LogP contribution in [0, 0.1) is 0 Å². The van der Waals surface area contributed by atoms with Gasteiger partial charge in [0, 0.05) is 11.7 Å². The largest absolute Gasteiger partial charge is 0.416 e. The van der Waals surface area contributed by atoms with E-state index < -0.39 is 23.5 Å². The quantitative estimate of drug-likeness (QED) is 0.579. The van der Waals surface area contributed by atoms with Crippen LogP contribution < -0.4 is 10.6 Å². The summed E-state index contributed by atoms with van der Waals surface area (Å²) in [6, 6.07) is 1.40. The van der Waals surface area contributed by atoms with Crippen LogP contribution in [0.5, 0.6) is 0 Å². The predicted octanol–water partition coefficient (Wildman–Crippen LogP) is 4.95.